The lowest BCUT2D eigenvalue weighted by Crippen LogP contribution is -2.11. The molecule has 324 valence electrons. The third-order valence-electron chi connectivity index (χ3n) is 13.6. The zero-order valence-corrected chi connectivity index (χ0v) is 37.7. The molecule has 0 amide bonds. The van der Waals surface area contributed by atoms with Crippen LogP contribution in [0.3, 0.4) is 0 Å². The van der Waals surface area contributed by atoms with Gasteiger partial charge in [-0.2, -0.15) is 0 Å². The third kappa shape index (κ3) is 7.25. The van der Waals surface area contributed by atoms with Crippen LogP contribution in [0.2, 0.25) is 0 Å². The molecule has 0 aliphatic rings. The highest BCUT2D eigenvalue weighted by atomic mass is 16.3. The Labute approximate surface area is 401 Å². The van der Waals surface area contributed by atoms with Crippen molar-refractivity contribution in [3.63, 3.8) is 0 Å². The number of rotatable bonds is 9. The van der Waals surface area contributed by atoms with E-state index in [9.17, 15) is 0 Å². The van der Waals surface area contributed by atoms with Crippen LogP contribution in [0.1, 0.15) is 0 Å². The summed E-state index contributed by atoms with van der Waals surface area (Å²) in [6.45, 7) is 0. The maximum atomic E-state index is 6.41. The Bertz CT molecular complexity index is 3940. The van der Waals surface area contributed by atoms with Crippen LogP contribution in [-0.4, -0.2) is 4.57 Å². The summed E-state index contributed by atoms with van der Waals surface area (Å²) >= 11 is 0. The van der Waals surface area contributed by atoms with Gasteiger partial charge in [-0.25, -0.2) is 0 Å². The third-order valence-corrected chi connectivity index (χ3v) is 13.6. The summed E-state index contributed by atoms with van der Waals surface area (Å²) in [4.78, 5) is 2.39. The molecule has 0 atom stereocenters. The summed E-state index contributed by atoms with van der Waals surface area (Å²) in [5.74, 6) is 0. The summed E-state index contributed by atoms with van der Waals surface area (Å²) in [6.07, 6.45) is 0. The van der Waals surface area contributed by atoms with Gasteiger partial charge < -0.3 is 13.9 Å². The van der Waals surface area contributed by atoms with Crippen molar-refractivity contribution in [1.29, 1.82) is 0 Å². The minimum atomic E-state index is 0.877. The van der Waals surface area contributed by atoms with Crippen molar-refractivity contribution in [3.8, 4) is 61.3 Å². The SMILES string of the molecule is c1ccc(-c2ccc(-c3cccc(N(c4ccc(-c5cccc(-c6ccc(-n7c8ccccc8c8ccccc87)cc6)c5)cc4)c4ccccc4-c4ccc5c(c4)oc4ccccc45)c3)cc2)cc1. The number of anilines is 3. The molecule has 0 unspecified atom stereocenters. The van der Waals surface area contributed by atoms with Crippen molar-refractivity contribution in [2.75, 3.05) is 4.90 Å². The highest BCUT2D eigenvalue weighted by molar-refractivity contribution is 6.09. The average molecular weight is 881 g/mol. The topological polar surface area (TPSA) is 21.3 Å². The molecule has 11 aromatic carbocycles. The summed E-state index contributed by atoms with van der Waals surface area (Å²) in [5, 5.41) is 4.78. The number of fused-ring (bicyclic) bond motifs is 6. The van der Waals surface area contributed by atoms with Gasteiger partial charge >= 0.3 is 0 Å². The van der Waals surface area contributed by atoms with E-state index in [4.69, 9.17) is 4.42 Å². The minimum absolute atomic E-state index is 0.877. The molecule has 0 N–H and O–H groups in total. The lowest BCUT2D eigenvalue weighted by atomic mass is 9.97. The van der Waals surface area contributed by atoms with E-state index in [1.807, 2.05) is 12.1 Å². The Morgan fingerprint density at radius 3 is 1.45 bits per heavy atom. The van der Waals surface area contributed by atoms with E-state index in [2.05, 4.69) is 264 Å². The predicted molar refractivity (Wildman–Crippen MR) is 290 cm³/mol. The van der Waals surface area contributed by atoms with Gasteiger partial charge in [-0.1, -0.05) is 188 Å². The highest BCUT2D eigenvalue weighted by Crippen LogP contribution is 2.44. The Balaban J connectivity index is 0.866. The van der Waals surface area contributed by atoms with Crippen LogP contribution in [0.4, 0.5) is 17.1 Å². The number of benzene rings is 11. The normalized spacial score (nSPS) is 11.5. The monoisotopic (exact) mass is 880 g/mol. The lowest BCUT2D eigenvalue weighted by molar-refractivity contribution is 0.669. The first-order valence-corrected chi connectivity index (χ1v) is 23.6. The fourth-order valence-electron chi connectivity index (χ4n) is 10.2. The molecular formula is C66H44N2O. The van der Waals surface area contributed by atoms with Crippen molar-refractivity contribution in [2.24, 2.45) is 0 Å². The van der Waals surface area contributed by atoms with Gasteiger partial charge in [0.25, 0.3) is 0 Å². The maximum Gasteiger partial charge on any atom is 0.136 e. The van der Waals surface area contributed by atoms with Gasteiger partial charge in [0.1, 0.15) is 11.2 Å². The Morgan fingerprint density at radius 1 is 0.275 bits per heavy atom. The van der Waals surface area contributed by atoms with E-state index < -0.39 is 0 Å². The van der Waals surface area contributed by atoms with Gasteiger partial charge in [0.15, 0.2) is 0 Å². The minimum Gasteiger partial charge on any atom is -0.456 e. The maximum absolute atomic E-state index is 6.41. The van der Waals surface area contributed by atoms with Crippen LogP contribution in [0.5, 0.6) is 0 Å². The summed E-state index contributed by atoms with van der Waals surface area (Å²) in [5.41, 5.74) is 20.1. The van der Waals surface area contributed by atoms with Gasteiger partial charge in [-0.05, 0) is 129 Å². The Kier molecular flexibility index (Phi) is 9.84. The predicted octanol–water partition coefficient (Wildman–Crippen LogP) is 18.5. The van der Waals surface area contributed by atoms with E-state index in [-0.39, 0.29) is 0 Å². The van der Waals surface area contributed by atoms with Gasteiger partial charge in [0.05, 0.1) is 16.7 Å². The average Bonchev–Trinajstić information content (AvgIpc) is 3.97. The molecule has 0 saturated carbocycles. The van der Waals surface area contributed by atoms with Crippen LogP contribution in [-0.2, 0) is 0 Å². The van der Waals surface area contributed by atoms with Crippen LogP contribution in [0, 0.1) is 0 Å². The first kappa shape index (κ1) is 40.1. The first-order valence-electron chi connectivity index (χ1n) is 23.6. The number of furan rings is 1. The quantitative estimate of drug-likeness (QED) is 0.144. The van der Waals surface area contributed by atoms with Gasteiger partial charge in [-0.15, -0.1) is 0 Å². The number of aromatic nitrogens is 1. The lowest BCUT2D eigenvalue weighted by Gasteiger charge is -2.28. The van der Waals surface area contributed by atoms with Crippen LogP contribution in [0.15, 0.2) is 271 Å². The van der Waals surface area contributed by atoms with Crippen molar-refractivity contribution in [3.05, 3.63) is 267 Å². The second-order valence-corrected chi connectivity index (χ2v) is 17.7. The smallest absolute Gasteiger partial charge is 0.136 e. The molecule has 13 rings (SSSR count). The standard InChI is InChI=1S/C66H44N2O/c1-2-14-45(15-3-1)46-28-30-47(31-29-46)52-18-13-19-56(43-52)67(62-24-8-4-20-57(62)53-36-41-61-60-23-7-11-27-65(60)69-66(61)44-53)54-37-32-48(33-38-54)50-16-12-17-51(42-50)49-34-39-55(40-35-49)68-63-25-9-5-21-58(63)59-22-6-10-26-64(59)68/h1-44H. The molecule has 0 spiro atoms. The zero-order valence-electron chi connectivity index (χ0n) is 37.7. The van der Waals surface area contributed by atoms with Gasteiger partial charge in [-0.3, -0.25) is 0 Å². The molecule has 0 radical (unpaired) electrons. The molecule has 3 nitrogen and oxygen atoms in total. The molecule has 2 aromatic heterocycles. The van der Waals surface area contributed by atoms with Crippen molar-refractivity contribution in [2.45, 2.75) is 0 Å². The van der Waals surface area contributed by atoms with Crippen molar-refractivity contribution in [1.82, 2.24) is 4.57 Å². The van der Waals surface area contributed by atoms with Crippen LogP contribution in [0.25, 0.3) is 105 Å². The molecule has 0 saturated heterocycles. The molecule has 69 heavy (non-hydrogen) atoms. The molecule has 13 aromatic rings. The molecule has 0 aliphatic carbocycles. The van der Waals surface area contributed by atoms with E-state index in [1.54, 1.807) is 0 Å². The fourth-order valence-corrected chi connectivity index (χ4v) is 10.2. The van der Waals surface area contributed by atoms with E-state index in [0.717, 1.165) is 78.1 Å². The van der Waals surface area contributed by atoms with Crippen LogP contribution < -0.4 is 4.90 Å². The molecular weight excluding hydrogens is 837 g/mol. The highest BCUT2D eigenvalue weighted by Gasteiger charge is 2.20. The van der Waals surface area contributed by atoms with E-state index >= 15 is 0 Å². The first-order chi connectivity index (χ1) is 34.2. The van der Waals surface area contributed by atoms with Gasteiger partial charge in [0, 0.05) is 44.2 Å². The number of nitrogens with zero attached hydrogens (tertiary/aromatic N) is 2. The summed E-state index contributed by atoms with van der Waals surface area (Å²) < 4.78 is 8.78. The second kappa shape index (κ2) is 16.9. The Hall–Kier alpha value is -9.18. The Morgan fingerprint density at radius 2 is 0.754 bits per heavy atom. The number of hydrogen-bond acceptors (Lipinski definition) is 2. The zero-order chi connectivity index (χ0) is 45.7. The summed E-state index contributed by atoms with van der Waals surface area (Å²) in [6, 6.07) is 96.1. The largest absolute Gasteiger partial charge is 0.456 e. The molecule has 0 aliphatic heterocycles. The summed E-state index contributed by atoms with van der Waals surface area (Å²) in [7, 11) is 0. The molecule has 2 heterocycles. The second-order valence-electron chi connectivity index (χ2n) is 17.7. The number of para-hydroxylation sites is 4. The van der Waals surface area contributed by atoms with Crippen molar-refractivity contribution < 1.29 is 4.42 Å². The number of hydrogen-bond donors (Lipinski definition) is 0. The molecule has 0 bridgehead atoms. The van der Waals surface area contributed by atoms with Gasteiger partial charge in [0.2, 0.25) is 0 Å². The molecule has 3 heteroatoms. The fraction of sp³-hybridized carbons (Fsp3) is 0. The van der Waals surface area contributed by atoms with E-state index in [0.29, 0.717) is 0 Å². The van der Waals surface area contributed by atoms with Crippen LogP contribution >= 0.6 is 0 Å². The molecule has 0 fully saturated rings. The van der Waals surface area contributed by atoms with Crippen molar-refractivity contribution >= 4 is 60.8 Å². The van der Waals surface area contributed by atoms with E-state index in [1.165, 1.54) is 44.1 Å².